The van der Waals surface area contributed by atoms with Crippen molar-refractivity contribution in [2.75, 3.05) is 37.5 Å². The molecule has 0 aliphatic heterocycles. The largest absolute Gasteiger partial charge is 0.494 e. The lowest BCUT2D eigenvalue weighted by Crippen LogP contribution is -2.16. The summed E-state index contributed by atoms with van der Waals surface area (Å²) in [6.45, 7) is 5.67. The minimum absolute atomic E-state index is 0.283. The van der Waals surface area contributed by atoms with Crippen LogP contribution in [0.4, 0.5) is 11.5 Å². The van der Waals surface area contributed by atoms with E-state index in [9.17, 15) is 4.79 Å². The van der Waals surface area contributed by atoms with Crippen LogP contribution in [0.2, 0.25) is 0 Å². The monoisotopic (exact) mass is 344 g/mol. The first-order chi connectivity index (χ1) is 12.1. The van der Waals surface area contributed by atoms with Gasteiger partial charge in [-0.1, -0.05) is 0 Å². The number of methoxy groups -OCH3 is 1. The van der Waals surface area contributed by atoms with Gasteiger partial charge in [0.05, 0.1) is 6.61 Å². The highest BCUT2D eigenvalue weighted by molar-refractivity contribution is 6.03. The van der Waals surface area contributed by atoms with Gasteiger partial charge >= 0.3 is 0 Å². The Bertz CT molecular complexity index is 689. The Balaban J connectivity index is 2.01. The summed E-state index contributed by atoms with van der Waals surface area (Å²) < 4.78 is 10.4. The van der Waals surface area contributed by atoms with Crippen molar-refractivity contribution >= 4 is 17.4 Å². The summed E-state index contributed by atoms with van der Waals surface area (Å²) >= 11 is 0. The van der Waals surface area contributed by atoms with Gasteiger partial charge in [-0.25, -0.2) is 9.97 Å². The van der Waals surface area contributed by atoms with E-state index in [1.165, 1.54) is 0 Å². The number of carbonyl (C=O) groups excluding carboxylic acids is 1. The predicted octanol–water partition coefficient (Wildman–Crippen LogP) is 2.88. The third-order valence-corrected chi connectivity index (χ3v) is 3.33. The van der Waals surface area contributed by atoms with Gasteiger partial charge < -0.3 is 20.1 Å². The van der Waals surface area contributed by atoms with E-state index in [1.54, 1.807) is 32.2 Å². The van der Waals surface area contributed by atoms with Gasteiger partial charge in [-0.3, -0.25) is 4.79 Å². The van der Waals surface area contributed by atoms with Gasteiger partial charge in [0.1, 0.15) is 23.1 Å². The van der Waals surface area contributed by atoms with Gasteiger partial charge in [0.2, 0.25) is 0 Å². The maximum Gasteiger partial charge on any atom is 0.274 e. The first kappa shape index (κ1) is 18.7. The lowest BCUT2D eigenvalue weighted by Gasteiger charge is -2.09. The summed E-state index contributed by atoms with van der Waals surface area (Å²) in [5.74, 6) is 1.64. The summed E-state index contributed by atoms with van der Waals surface area (Å²) in [6.07, 6.45) is 0.854. The number of rotatable bonds is 9. The van der Waals surface area contributed by atoms with Crippen molar-refractivity contribution in [3.63, 3.8) is 0 Å². The van der Waals surface area contributed by atoms with Crippen LogP contribution in [0.5, 0.6) is 5.75 Å². The maximum atomic E-state index is 12.4. The molecule has 0 saturated carbocycles. The molecule has 0 aliphatic rings. The zero-order chi connectivity index (χ0) is 18.1. The average molecular weight is 344 g/mol. The van der Waals surface area contributed by atoms with Crippen molar-refractivity contribution in [1.29, 1.82) is 0 Å². The second-order valence-corrected chi connectivity index (χ2v) is 5.37. The molecule has 134 valence electrons. The molecule has 25 heavy (non-hydrogen) atoms. The van der Waals surface area contributed by atoms with Crippen LogP contribution in [0.1, 0.15) is 29.7 Å². The molecule has 7 nitrogen and oxygen atoms in total. The third kappa shape index (κ3) is 6.04. The first-order valence-corrected chi connectivity index (χ1v) is 8.25. The Morgan fingerprint density at radius 2 is 1.96 bits per heavy atom. The number of hydrogen-bond donors (Lipinski definition) is 2. The van der Waals surface area contributed by atoms with Crippen molar-refractivity contribution in [2.45, 2.75) is 20.3 Å². The highest BCUT2D eigenvalue weighted by Crippen LogP contribution is 2.16. The lowest BCUT2D eigenvalue weighted by atomic mass is 10.2. The minimum atomic E-state index is -0.283. The fourth-order valence-electron chi connectivity index (χ4n) is 2.20. The quantitative estimate of drug-likeness (QED) is 0.680. The standard InChI is InChI=1S/C18H24N4O3/c1-4-25-15-8-6-14(7-9-15)22-18(23)16-12-17(21-13(2)20-16)19-10-5-11-24-3/h6-9,12H,4-5,10-11H2,1-3H3,(H,22,23)(H,19,20,21). The number of amides is 1. The molecule has 0 bridgehead atoms. The van der Waals surface area contributed by atoms with Crippen molar-refractivity contribution < 1.29 is 14.3 Å². The van der Waals surface area contributed by atoms with E-state index < -0.39 is 0 Å². The number of carbonyl (C=O) groups is 1. The Hall–Kier alpha value is -2.67. The zero-order valence-corrected chi connectivity index (χ0v) is 14.8. The zero-order valence-electron chi connectivity index (χ0n) is 14.8. The minimum Gasteiger partial charge on any atom is -0.494 e. The molecule has 2 N–H and O–H groups in total. The van der Waals surface area contributed by atoms with E-state index in [1.807, 2.05) is 19.1 Å². The van der Waals surface area contributed by atoms with Crippen molar-refractivity contribution in [3.05, 3.63) is 41.9 Å². The van der Waals surface area contributed by atoms with Gasteiger partial charge in [0.15, 0.2) is 0 Å². The molecule has 1 amide bonds. The molecule has 0 spiro atoms. The normalized spacial score (nSPS) is 10.4. The van der Waals surface area contributed by atoms with Crippen LogP contribution in [-0.2, 0) is 4.74 Å². The molecule has 0 saturated heterocycles. The first-order valence-electron chi connectivity index (χ1n) is 8.25. The fraction of sp³-hybridized carbons (Fsp3) is 0.389. The van der Waals surface area contributed by atoms with E-state index in [-0.39, 0.29) is 5.91 Å². The Labute approximate surface area is 147 Å². The van der Waals surface area contributed by atoms with Crippen LogP contribution in [0.3, 0.4) is 0 Å². The molecule has 0 unspecified atom stereocenters. The fourth-order valence-corrected chi connectivity index (χ4v) is 2.20. The predicted molar refractivity (Wildman–Crippen MR) is 97.3 cm³/mol. The third-order valence-electron chi connectivity index (χ3n) is 3.33. The molecular weight excluding hydrogens is 320 g/mol. The smallest absolute Gasteiger partial charge is 0.274 e. The van der Waals surface area contributed by atoms with E-state index in [0.29, 0.717) is 42.8 Å². The van der Waals surface area contributed by atoms with Crippen molar-refractivity contribution in [2.24, 2.45) is 0 Å². The van der Waals surface area contributed by atoms with E-state index in [4.69, 9.17) is 9.47 Å². The van der Waals surface area contributed by atoms with Crippen molar-refractivity contribution in [3.8, 4) is 5.75 Å². The molecule has 0 aliphatic carbocycles. The number of benzene rings is 1. The lowest BCUT2D eigenvalue weighted by molar-refractivity contribution is 0.102. The summed E-state index contributed by atoms with van der Waals surface area (Å²) in [5, 5.41) is 6.00. The van der Waals surface area contributed by atoms with Crippen LogP contribution < -0.4 is 15.4 Å². The second kappa shape index (κ2) is 9.58. The molecule has 0 fully saturated rings. The Morgan fingerprint density at radius 3 is 2.64 bits per heavy atom. The molecule has 0 radical (unpaired) electrons. The number of hydrogen-bond acceptors (Lipinski definition) is 6. The summed E-state index contributed by atoms with van der Waals surface area (Å²) in [5.41, 5.74) is 0.995. The number of anilines is 2. The van der Waals surface area contributed by atoms with Gasteiger partial charge in [-0.2, -0.15) is 0 Å². The Kier molecular flexibility index (Phi) is 7.16. The van der Waals surface area contributed by atoms with Crippen LogP contribution in [-0.4, -0.2) is 42.7 Å². The van der Waals surface area contributed by atoms with E-state index >= 15 is 0 Å². The molecule has 1 heterocycles. The molecule has 1 aromatic heterocycles. The Morgan fingerprint density at radius 1 is 1.20 bits per heavy atom. The van der Waals surface area contributed by atoms with Gasteiger partial charge in [0.25, 0.3) is 5.91 Å². The van der Waals surface area contributed by atoms with Crippen LogP contribution in [0.15, 0.2) is 30.3 Å². The molecule has 0 atom stereocenters. The highest BCUT2D eigenvalue weighted by atomic mass is 16.5. The SMILES string of the molecule is CCOc1ccc(NC(=O)c2cc(NCCCOC)nc(C)n2)cc1. The number of ether oxygens (including phenoxy) is 2. The summed E-state index contributed by atoms with van der Waals surface area (Å²) in [4.78, 5) is 20.9. The summed E-state index contributed by atoms with van der Waals surface area (Å²) in [6, 6.07) is 8.85. The van der Waals surface area contributed by atoms with Crippen LogP contribution in [0.25, 0.3) is 0 Å². The van der Waals surface area contributed by atoms with Crippen LogP contribution >= 0.6 is 0 Å². The molecular formula is C18H24N4O3. The number of nitrogens with zero attached hydrogens (tertiary/aromatic N) is 2. The summed E-state index contributed by atoms with van der Waals surface area (Å²) in [7, 11) is 1.66. The molecule has 2 rings (SSSR count). The molecule has 7 heteroatoms. The van der Waals surface area contributed by atoms with E-state index in [0.717, 1.165) is 12.2 Å². The number of nitrogens with one attached hydrogen (secondary N) is 2. The van der Waals surface area contributed by atoms with Gasteiger partial charge in [-0.15, -0.1) is 0 Å². The highest BCUT2D eigenvalue weighted by Gasteiger charge is 2.11. The number of aromatic nitrogens is 2. The van der Waals surface area contributed by atoms with Gasteiger partial charge in [-0.05, 0) is 44.5 Å². The average Bonchev–Trinajstić information content (AvgIpc) is 2.60. The number of aryl methyl sites for hydroxylation is 1. The molecule has 2 aromatic rings. The van der Waals surface area contributed by atoms with Crippen molar-refractivity contribution in [1.82, 2.24) is 9.97 Å². The topological polar surface area (TPSA) is 85.4 Å². The molecule has 1 aromatic carbocycles. The maximum absolute atomic E-state index is 12.4. The second-order valence-electron chi connectivity index (χ2n) is 5.37. The van der Waals surface area contributed by atoms with E-state index in [2.05, 4.69) is 20.6 Å². The van der Waals surface area contributed by atoms with Crippen LogP contribution in [0, 0.1) is 6.92 Å². The van der Waals surface area contributed by atoms with Gasteiger partial charge in [0, 0.05) is 32.0 Å².